The molecular weight excluding hydrogens is 334 g/mol. The van der Waals surface area contributed by atoms with Crippen LogP contribution in [-0.2, 0) is 11.4 Å². The van der Waals surface area contributed by atoms with Gasteiger partial charge in [0, 0.05) is 12.1 Å². The van der Waals surface area contributed by atoms with Gasteiger partial charge in [-0.2, -0.15) is 0 Å². The number of para-hydroxylation sites is 1. The highest BCUT2D eigenvalue weighted by Crippen LogP contribution is 2.33. The molecule has 5 heteroatoms. The van der Waals surface area contributed by atoms with Crippen LogP contribution in [-0.4, -0.2) is 22.6 Å². The van der Waals surface area contributed by atoms with Crippen molar-refractivity contribution in [3.63, 3.8) is 0 Å². The molecule has 0 saturated carbocycles. The van der Waals surface area contributed by atoms with Crippen molar-refractivity contribution >= 4 is 29.0 Å². The zero-order chi connectivity index (χ0) is 17.6. The second kappa shape index (κ2) is 7.85. The number of thioether (sulfide) groups is 1. The van der Waals surface area contributed by atoms with Crippen molar-refractivity contribution in [2.24, 2.45) is 0 Å². The molecule has 0 N–H and O–H groups in total. The fraction of sp³-hybridized carbons (Fsp3) is 0.100. The van der Waals surface area contributed by atoms with E-state index in [0.717, 1.165) is 22.9 Å². The van der Waals surface area contributed by atoms with Crippen LogP contribution in [0.4, 0.5) is 4.79 Å². The molecule has 4 nitrogen and oxygen atoms in total. The molecule has 1 aliphatic rings. The van der Waals surface area contributed by atoms with E-state index in [9.17, 15) is 9.59 Å². The Kier molecular flexibility index (Phi) is 5.36. The molecule has 0 spiro atoms. The maximum Gasteiger partial charge on any atom is 0.293 e. The summed E-state index contributed by atoms with van der Waals surface area (Å²) < 4.78 is 5.89. The van der Waals surface area contributed by atoms with E-state index in [-0.39, 0.29) is 17.7 Å². The third-order valence-corrected chi connectivity index (χ3v) is 4.54. The first-order chi connectivity index (χ1) is 12.2. The van der Waals surface area contributed by atoms with Crippen LogP contribution in [0, 0.1) is 0 Å². The summed E-state index contributed by atoms with van der Waals surface area (Å²) in [5, 5.41) is -0.279. The Balaban J connectivity index is 1.80. The van der Waals surface area contributed by atoms with Crippen LogP contribution in [0.25, 0.3) is 6.08 Å². The molecule has 0 bridgehead atoms. The summed E-state index contributed by atoms with van der Waals surface area (Å²) in [5.74, 6) is 0.370. The summed E-state index contributed by atoms with van der Waals surface area (Å²) in [6.07, 6.45) is 3.24. The van der Waals surface area contributed by atoms with Gasteiger partial charge in [0.2, 0.25) is 0 Å². The predicted octanol–water partition coefficient (Wildman–Crippen LogP) is 4.49. The summed E-state index contributed by atoms with van der Waals surface area (Å²) in [5.41, 5.74) is 1.83. The number of nitrogens with zero attached hydrogens (tertiary/aromatic N) is 1. The highest BCUT2D eigenvalue weighted by atomic mass is 32.2. The van der Waals surface area contributed by atoms with Crippen molar-refractivity contribution in [3.05, 3.63) is 83.3 Å². The average Bonchev–Trinajstić information content (AvgIpc) is 2.90. The Morgan fingerprint density at radius 1 is 1.04 bits per heavy atom. The van der Waals surface area contributed by atoms with Crippen molar-refractivity contribution in [1.82, 2.24) is 4.90 Å². The molecule has 2 aromatic rings. The molecule has 0 atom stereocenters. The average molecular weight is 351 g/mol. The summed E-state index contributed by atoms with van der Waals surface area (Å²) in [7, 11) is 0. The molecule has 2 amide bonds. The van der Waals surface area contributed by atoms with Gasteiger partial charge in [0.1, 0.15) is 12.4 Å². The van der Waals surface area contributed by atoms with Gasteiger partial charge in [-0.1, -0.05) is 54.6 Å². The minimum Gasteiger partial charge on any atom is -0.488 e. The maximum atomic E-state index is 12.3. The van der Waals surface area contributed by atoms with Crippen LogP contribution in [0.3, 0.4) is 0 Å². The SMILES string of the molecule is C=CCN1C(=O)S/C(=C/c2ccccc2OCc2ccccc2)C1=O. The van der Waals surface area contributed by atoms with E-state index in [0.29, 0.717) is 17.3 Å². The van der Waals surface area contributed by atoms with Crippen molar-refractivity contribution in [2.45, 2.75) is 6.61 Å². The normalized spacial score (nSPS) is 15.7. The van der Waals surface area contributed by atoms with Crippen LogP contribution < -0.4 is 4.74 Å². The largest absolute Gasteiger partial charge is 0.488 e. The molecule has 0 aromatic heterocycles. The molecule has 1 heterocycles. The molecule has 0 radical (unpaired) electrons. The number of imide groups is 1. The molecular formula is C20H17NO3S. The van der Waals surface area contributed by atoms with E-state index in [1.165, 1.54) is 11.0 Å². The lowest BCUT2D eigenvalue weighted by Gasteiger charge is -2.10. The second-order valence-electron chi connectivity index (χ2n) is 5.39. The van der Waals surface area contributed by atoms with Gasteiger partial charge >= 0.3 is 0 Å². The van der Waals surface area contributed by atoms with Gasteiger partial charge < -0.3 is 4.74 Å². The van der Waals surface area contributed by atoms with E-state index < -0.39 is 0 Å². The highest BCUT2D eigenvalue weighted by Gasteiger charge is 2.34. The molecule has 1 aliphatic heterocycles. The standard InChI is InChI=1S/C20H17NO3S/c1-2-12-21-19(22)18(25-20(21)23)13-16-10-6-7-11-17(16)24-14-15-8-4-3-5-9-15/h2-11,13H,1,12,14H2/b18-13+. The Morgan fingerprint density at radius 3 is 2.52 bits per heavy atom. The van der Waals surface area contributed by atoms with Gasteiger partial charge in [0.05, 0.1) is 4.91 Å². The number of carbonyl (C=O) groups is 2. The first-order valence-corrected chi connectivity index (χ1v) is 8.62. The van der Waals surface area contributed by atoms with Crippen LogP contribution in [0.15, 0.2) is 72.2 Å². The van der Waals surface area contributed by atoms with E-state index in [1.54, 1.807) is 6.08 Å². The van der Waals surface area contributed by atoms with Crippen molar-refractivity contribution < 1.29 is 14.3 Å². The fourth-order valence-corrected chi connectivity index (χ4v) is 3.23. The van der Waals surface area contributed by atoms with E-state index in [2.05, 4.69) is 6.58 Å². The molecule has 1 saturated heterocycles. The zero-order valence-corrected chi connectivity index (χ0v) is 14.4. The van der Waals surface area contributed by atoms with Gasteiger partial charge in [-0.05, 0) is 29.5 Å². The number of hydrogen-bond donors (Lipinski definition) is 0. The number of carbonyl (C=O) groups excluding carboxylic acids is 2. The van der Waals surface area contributed by atoms with Crippen molar-refractivity contribution in [3.8, 4) is 5.75 Å². The van der Waals surface area contributed by atoms with Gasteiger partial charge in [-0.25, -0.2) is 0 Å². The minimum atomic E-state index is -0.298. The molecule has 0 unspecified atom stereocenters. The van der Waals surface area contributed by atoms with Gasteiger partial charge in [-0.3, -0.25) is 14.5 Å². The summed E-state index contributed by atoms with van der Waals surface area (Å²) in [6, 6.07) is 17.3. The van der Waals surface area contributed by atoms with Crippen LogP contribution in [0.2, 0.25) is 0 Å². The Labute approximate surface area is 150 Å². The first kappa shape index (κ1) is 17.0. The number of benzene rings is 2. The third-order valence-electron chi connectivity index (χ3n) is 3.63. The van der Waals surface area contributed by atoms with Gasteiger partial charge in [-0.15, -0.1) is 6.58 Å². The minimum absolute atomic E-state index is 0.216. The fourth-order valence-electron chi connectivity index (χ4n) is 2.39. The Morgan fingerprint density at radius 2 is 1.76 bits per heavy atom. The third kappa shape index (κ3) is 4.00. The number of ether oxygens (including phenoxy) is 1. The van der Waals surface area contributed by atoms with Crippen LogP contribution in [0.5, 0.6) is 5.75 Å². The van der Waals surface area contributed by atoms with Crippen molar-refractivity contribution in [2.75, 3.05) is 6.54 Å². The maximum absolute atomic E-state index is 12.3. The smallest absolute Gasteiger partial charge is 0.293 e. The van der Waals surface area contributed by atoms with Crippen molar-refractivity contribution in [1.29, 1.82) is 0 Å². The molecule has 3 rings (SSSR count). The Hall–Kier alpha value is -2.79. The first-order valence-electron chi connectivity index (χ1n) is 7.81. The lowest BCUT2D eigenvalue weighted by atomic mass is 10.1. The predicted molar refractivity (Wildman–Crippen MR) is 100 cm³/mol. The van der Waals surface area contributed by atoms with E-state index >= 15 is 0 Å². The number of amides is 2. The van der Waals surface area contributed by atoms with Crippen LogP contribution in [0.1, 0.15) is 11.1 Å². The lowest BCUT2D eigenvalue weighted by Crippen LogP contribution is -2.27. The molecule has 2 aromatic carbocycles. The van der Waals surface area contributed by atoms with E-state index in [4.69, 9.17) is 4.74 Å². The lowest BCUT2D eigenvalue weighted by molar-refractivity contribution is -0.122. The topological polar surface area (TPSA) is 46.6 Å². The second-order valence-corrected chi connectivity index (χ2v) is 6.39. The summed E-state index contributed by atoms with van der Waals surface area (Å²) >= 11 is 0.935. The highest BCUT2D eigenvalue weighted by molar-refractivity contribution is 8.18. The summed E-state index contributed by atoms with van der Waals surface area (Å²) in [4.78, 5) is 25.8. The van der Waals surface area contributed by atoms with Gasteiger partial charge in [0.15, 0.2) is 0 Å². The van der Waals surface area contributed by atoms with E-state index in [1.807, 2.05) is 54.6 Å². The Bertz CT molecular complexity index is 830. The summed E-state index contributed by atoms with van der Waals surface area (Å²) in [6.45, 7) is 4.23. The zero-order valence-electron chi connectivity index (χ0n) is 13.6. The molecule has 0 aliphatic carbocycles. The van der Waals surface area contributed by atoms with Gasteiger partial charge in [0.25, 0.3) is 11.1 Å². The number of rotatable bonds is 6. The molecule has 126 valence electrons. The molecule has 1 fully saturated rings. The number of hydrogen-bond acceptors (Lipinski definition) is 4. The monoisotopic (exact) mass is 351 g/mol. The van der Waals surface area contributed by atoms with Crippen LogP contribution >= 0.6 is 11.8 Å². The molecule has 25 heavy (non-hydrogen) atoms. The quantitative estimate of drug-likeness (QED) is 0.568.